The molecule has 0 unspecified atom stereocenters. The number of nitrogens with two attached hydrogens (primary N) is 5. The van der Waals surface area contributed by atoms with Gasteiger partial charge in [0.1, 0.15) is 40.1 Å². The third-order valence-corrected chi connectivity index (χ3v) is 25.1. The molecule has 0 spiro atoms. The smallest absolute Gasteiger partial charge is 0.269 e. The molecule has 0 saturated carbocycles. The molecule has 0 fully saturated rings. The number of amides is 5. The zero-order valence-corrected chi connectivity index (χ0v) is 78.9. The molecule has 0 aliphatic heterocycles. The number of sulfone groups is 1. The number of non-ortho nitro benzene ring substituents is 4. The standard InChI is InChI=1S/C21H19N3O4S.C21H20N2O4S.C20H17N3O5.C20H17N3O4S.C20H17N3O3S/c1-13-6-11-17(18(12-13)28-2)23-21(25)20-16(22)4-3-5-19(20)29-15-9-7-14(8-10-15)24(26)27;1-14-10-12-15(13-11-14)28(25,26)19-9-5-6-16(22)20(19)21(24)23-17-7-3-4-8-18(17)27-2;2*1-27-17-7-3-2-6-16(17)22-20(24)19-15(21)5-4-8-18(19)28-14-11-9-13(10-12-14)23(25)26;1-13-4-2-5-14(12-13)22-20(24)19-17(21)6-3-7-18(19)27-16-10-8-15(9-11-16)23(25)26/h3-12H,22H2,1-2H3,(H,23,25);3-13H,22H2,1-2H3,(H,23,24);2*2-12H,21H2,1H3,(H,22,24);2-12H,21H2,1H3,(H,22,24). The van der Waals surface area contributed by atoms with E-state index in [1.54, 1.807) is 200 Å². The summed E-state index contributed by atoms with van der Waals surface area (Å²) in [5.41, 5.74) is 38.2. The van der Waals surface area contributed by atoms with Crippen LogP contribution in [0.2, 0.25) is 0 Å². The molecule has 0 aromatic heterocycles. The van der Waals surface area contributed by atoms with E-state index < -0.39 is 41.3 Å². The number of carbonyl (C=O) groups excluding carboxylic acids is 5. The lowest BCUT2D eigenvalue weighted by Crippen LogP contribution is -2.19. The molecule has 0 saturated heterocycles. The van der Waals surface area contributed by atoms with Crippen molar-refractivity contribution in [3.05, 3.63) is 413 Å². The second kappa shape index (κ2) is 48.4. The fourth-order valence-corrected chi connectivity index (χ4v) is 17.7. The van der Waals surface area contributed by atoms with E-state index in [9.17, 15) is 72.8 Å². The molecule has 140 heavy (non-hydrogen) atoms. The van der Waals surface area contributed by atoms with E-state index in [-0.39, 0.29) is 78.5 Å². The number of hydrogen-bond acceptors (Lipinski definition) is 28. The number of nitro benzene ring substituents is 4. The maximum atomic E-state index is 13.1. The van der Waals surface area contributed by atoms with E-state index in [0.717, 1.165) is 31.4 Å². The lowest BCUT2D eigenvalue weighted by atomic mass is 10.1. The molecule has 15 aromatic carbocycles. The molecular weight excluding hydrogens is 1870 g/mol. The average molecular weight is 1960 g/mol. The van der Waals surface area contributed by atoms with Crippen LogP contribution in [0.15, 0.2) is 367 Å². The number of nitrogens with one attached hydrogen (secondary N) is 5. The number of para-hydroxylation sites is 6. The van der Waals surface area contributed by atoms with E-state index in [4.69, 9.17) is 52.4 Å². The van der Waals surface area contributed by atoms with Crippen LogP contribution in [-0.2, 0) is 9.84 Å². The number of nitrogen functional groups attached to an aromatic ring is 5. The van der Waals surface area contributed by atoms with Crippen LogP contribution in [0.25, 0.3) is 0 Å². The minimum Gasteiger partial charge on any atom is -0.495 e. The van der Waals surface area contributed by atoms with Crippen LogP contribution >= 0.6 is 35.3 Å². The molecule has 0 bridgehead atoms. The van der Waals surface area contributed by atoms with Gasteiger partial charge in [-0.2, -0.15) is 0 Å². The first-order valence-corrected chi connectivity index (χ1v) is 45.7. The van der Waals surface area contributed by atoms with Gasteiger partial charge in [-0.25, -0.2) is 8.42 Å². The van der Waals surface area contributed by atoms with Gasteiger partial charge in [0.05, 0.1) is 103 Å². The molecule has 5 amide bonds. The molecule has 0 aliphatic carbocycles. The highest BCUT2D eigenvalue weighted by atomic mass is 32.2. The molecule has 0 heterocycles. The molecule has 0 aliphatic rings. The number of aryl methyl sites for hydroxylation is 3. The third-order valence-electron chi connectivity index (χ3n) is 20.1. The average Bonchev–Trinajstić information content (AvgIpc) is 0.767. The first-order chi connectivity index (χ1) is 67.1. The summed E-state index contributed by atoms with van der Waals surface area (Å²) in [6, 6.07) is 89.0. The van der Waals surface area contributed by atoms with Crippen LogP contribution in [0, 0.1) is 61.2 Å². The summed E-state index contributed by atoms with van der Waals surface area (Å²) in [5, 5.41) is 57.2. The normalized spacial score (nSPS) is 10.5. The largest absolute Gasteiger partial charge is 0.495 e. The molecule has 0 radical (unpaired) electrons. The fourth-order valence-electron chi connectivity index (χ4n) is 13.2. The Hall–Kier alpha value is -17.8. The van der Waals surface area contributed by atoms with Gasteiger partial charge in [-0.05, 0) is 214 Å². The summed E-state index contributed by atoms with van der Waals surface area (Å²) in [4.78, 5) is 110. The zero-order valence-electron chi connectivity index (χ0n) is 75.7. The molecular formula is C102H90N14O20S4. The number of benzene rings is 15. The van der Waals surface area contributed by atoms with Crippen LogP contribution in [-0.4, -0.2) is 86.1 Å². The van der Waals surface area contributed by atoms with Crippen molar-refractivity contribution in [3.8, 4) is 34.5 Å². The number of nitrogens with zero attached hydrogens (tertiary/aromatic N) is 4. The molecule has 15 aromatic rings. The number of ether oxygens (including phenoxy) is 5. The maximum Gasteiger partial charge on any atom is 0.269 e. The monoisotopic (exact) mass is 1960 g/mol. The topological polar surface area (TPSA) is 528 Å². The minimum atomic E-state index is -3.93. The van der Waals surface area contributed by atoms with Crippen molar-refractivity contribution >= 4 is 154 Å². The Morgan fingerprint density at radius 1 is 0.293 bits per heavy atom. The zero-order chi connectivity index (χ0) is 101. The van der Waals surface area contributed by atoms with Crippen molar-refractivity contribution in [1.29, 1.82) is 0 Å². The van der Waals surface area contributed by atoms with Crippen molar-refractivity contribution in [1.82, 2.24) is 0 Å². The summed E-state index contributed by atoms with van der Waals surface area (Å²) in [7, 11) is 2.12. The van der Waals surface area contributed by atoms with Crippen LogP contribution < -0.4 is 78.9 Å². The lowest BCUT2D eigenvalue weighted by Gasteiger charge is -2.15. The van der Waals surface area contributed by atoms with Crippen molar-refractivity contribution in [3.63, 3.8) is 0 Å². The molecule has 712 valence electrons. The second-order valence-corrected chi connectivity index (χ2v) is 35.0. The third kappa shape index (κ3) is 27.3. The number of anilines is 10. The molecule has 15 N–H and O–H groups in total. The minimum absolute atomic E-state index is 0.00562. The Balaban J connectivity index is 0.000000167. The number of nitro groups is 4. The Bertz CT molecular complexity index is 7050. The quantitative estimate of drug-likeness (QED) is 0.0124. The second-order valence-electron chi connectivity index (χ2n) is 29.8. The van der Waals surface area contributed by atoms with Crippen LogP contribution in [0.4, 0.5) is 79.6 Å². The molecule has 38 heteroatoms. The van der Waals surface area contributed by atoms with E-state index in [2.05, 4.69) is 26.6 Å². The van der Waals surface area contributed by atoms with Gasteiger partial charge in [0.25, 0.3) is 52.3 Å². The van der Waals surface area contributed by atoms with Gasteiger partial charge in [-0.3, -0.25) is 64.4 Å². The van der Waals surface area contributed by atoms with Gasteiger partial charge in [0, 0.05) is 112 Å². The summed E-state index contributed by atoms with van der Waals surface area (Å²) in [5.74, 6) is 0.463. The van der Waals surface area contributed by atoms with Gasteiger partial charge in [-0.1, -0.05) is 138 Å². The highest BCUT2D eigenvalue weighted by molar-refractivity contribution is 8.00. The van der Waals surface area contributed by atoms with E-state index in [1.807, 2.05) is 57.2 Å². The highest BCUT2D eigenvalue weighted by Crippen LogP contribution is 2.41. The van der Waals surface area contributed by atoms with Gasteiger partial charge in [0.15, 0.2) is 0 Å². The predicted octanol–water partition coefficient (Wildman–Crippen LogP) is 22.3. The number of hydrogen-bond donors (Lipinski definition) is 10. The number of methoxy groups -OCH3 is 4. The maximum absolute atomic E-state index is 13.1. The summed E-state index contributed by atoms with van der Waals surface area (Å²) < 4.78 is 53.1. The predicted molar refractivity (Wildman–Crippen MR) is 543 cm³/mol. The fraction of sp³-hybridized carbons (Fsp3) is 0.0686. The summed E-state index contributed by atoms with van der Waals surface area (Å²) in [6.45, 7) is 5.74. The number of carbonyl (C=O) groups is 5. The summed E-state index contributed by atoms with van der Waals surface area (Å²) in [6.07, 6.45) is 0. The van der Waals surface area contributed by atoms with Crippen LogP contribution in [0.5, 0.6) is 34.5 Å². The Morgan fingerprint density at radius 3 is 0.971 bits per heavy atom. The van der Waals surface area contributed by atoms with E-state index in [1.165, 1.54) is 155 Å². The van der Waals surface area contributed by atoms with Gasteiger partial charge in [-0.15, -0.1) is 0 Å². The molecule has 15 rings (SSSR count). The highest BCUT2D eigenvalue weighted by Gasteiger charge is 2.29. The van der Waals surface area contributed by atoms with Crippen LogP contribution in [0.1, 0.15) is 68.5 Å². The van der Waals surface area contributed by atoms with Gasteiger partial charge >= 0.3 is 0 Å². The van der Waals surface area contributed by atoms with Crippen molar-refractivity contribution in [2.75, 3.05) is 83.7 Å². The van der Waals surface area contributed by atoms with Crippen molar-refractivity contribution in [2.45, 2.75) is 59.9 Å². The Kier molecular flexibility index (Phi) is 35.6. The molecule has 0 atom stereocenters. The van der Waals surface area contributed by atoms with Gasteiger partial charge in [0.2, 0.25) is 9.84 Å². The SMILES string of the molecule is COc1cc(C)ccc1NC(=O)c1c(N)cccc1Sc1ccc([N+](=O)[O-])cc1.COc1ccccc1NC(=O)c1c(N)cccc1Oc1ccc([N+](=O)[O-])cc1.COc1ccccc1NC(=O)c1c(N)cccc1S(=O)(=O)c1ccc(C)cc1.COc1ccccc1NC(=O)c1c(N)cccc1Sc1ccc([N+](=O)[O-])cc1.Cc1cccc(NC(=O)c2c(N)cccc2Sc2ccc([N+](=O)[O-])cc2)c1. The van der Waals surface area contributed by atoms with Crippen molar-refractivity contribution in [2.24, 2.45) is 0 Å². The van der Waals surface area contributed by atoms with E-state index >= 15 is 0 Å². The first-order valence-electron chi connectivity index (χ1n) is 41.8. The lowest BCUT2D eigenvalue weighted by molar-refractivity contribution is -0.385. The Morgan fingerprint density at radius 2 is 0.593 bits per heavy atom. The summed E-state index contributed by atoms with van der Waals surface area (Å²) >= 11 is 3.94. The van der Waals surface area contributed by atoms with Gasteiger partial charge < -0.3 is 78.9 Å². The number of rotatable bonds is 28. The van der Waals surface area contributed by atoms with Crippen molar-refractivity contribution < 1.29 is 75.8 Å². The van der Waals surface area contributed by atoms with E-state index in [0.29, 0.717) is 106 Å². The Labute approximate surface area is 815 Å². The molecule has 34 nitrogen and oxygen atoms in total. The van der Waals surface area contributed by atoms with Crippen LogP contribution in [0.3, 0.4) is 0 Å². The first kappa shape index (κ1) is 103.